The highest BCUT2D eigenvalue weighted by atomic mass is 16.5. The van der Waals surface area contributed by atoms with Crippen molar-refractivity contribution in [1.29, 1.82) is 0 Å². The minimum absolute atomic E-state index is 0.323. The molecule has 1 aromatic heterocycles. The first-order valence-electron chi connectivity index (χ1n) is 13.3. The van der Waals surface area contributed by atoms with Gasteiger partial charge in [0.2, 0.25) is 0 Å². The Morgan fingerprint density at radius 1 is 0.946 bits per heavy atom. The van der Waals surface area contributed by atoms with Crippen LogP contribution in [0.4, 0.5) is 0 Å². The van der Waals surface area contributed by atoms with Crippen LogP contribution in [0.15, 0.2) is 48.8 Å². The Balaban J connectivity index is 1.29. The van der Waals surface area contributed by atoms with Crippen LogP contribution in [0.25, 0.3) is 0 Å². The predicted molar refractivity (Wildman–Crippen MR) is 146 cm³/mol. The molecule has 0 aliphatic carbocycles. The summed E-state index contributed by atoms with van der Waals surface area (Å²) in [4.78, 5) is 2.40. The number of likely N-dealkylation sites (tertiary alicyclic amines) is 1. The van der Waals surface area contributed by atoms with E-state index in [0.29, 0.717) is 19.6 Å². The van der Waals surface area contributed by atoms with Gasteiger partial charge in [-0.15, -0.1) is 0 Å². The zero-order valence-electron chi connectivity index (χ0n) is 22.7. The molecule has 2 aromatic carbocycles. The topological polar surface area (TPSA) is 69.0 Å². The molecule has 1 aliphatic heterocycles. The molecule has 0 bridgehead atoms. The maximum atomic E-state index is 11.3. The fourth-order valence-corrected chi connectivity index (χ4v) is 4.90. The number of ether oxygens (including phenoxy) is 3. The number of benzene rings is 2. The van der Waals surface area contributed by atoms with Crippen LogP contribution < -0.4 is 14.2 Å². The third-order valence-corrected chi connectivity index (χ3v) is 7.02. The fraction of sp³-hybridized carbons (Fsp3) is 0.500. The molecule has 0 saturated carbocycles. The Hall–Kier alpha value is -3.03. The molecule has 1 N–H and O–H groups in total. The Kier molecular flexibility index (Phi) is 9.11. The van der Waals surface area contributed by atoms with Gasteiger partial charge in [0, 0.05) is 32.3 Å². The zero-order valence-corrected chi connectivity index (χ0v) is 22.7. The molecule has 1 atom stereocenters. The van der Waals surface area contributed by atoms with Gasteiger partial charge < -0.3 is 19.3 Å². The molecule has 37 heavy (non-hydrogen) atoms. The van der Waals surface area contributed by atoms with Crippen molar-refractivity contribution in [3.8, 4) is 17.2 Å². The lowest BCUT2D eigenvalue weighted by Crippen LogP contribution is -2.37. The standard InChI is InChI=1S/C30H41N3O4/c1-23-7-9-27(25(3)17-23)37-22-30(34)11-5-13-32(15-12-30)21-26-8-10-28(35-4)29(18-26)36-16-6-14-33-20-24(2)19-31-33/h7-10,17-20,34H,5-6,11-16,21-22H2,1-4H3. The van der Waals surface area contributed by atoms with Crippen molar-refractivity contribution < 1.29 is 19.3 Å². The van der Waals surface area contributed by atoms with E-state index in [1.807, 2.05) is 49.1 Å². The summed E-state index contributed by atoms with van der Waals surface area (Å²) in [7, 11) is 1.67. The average molecular weight is 508 g/mol. The normalized spacial score (nSPS) is 18.4. The summed E-state index contributed by atoms with van der Waals surface area (Å²) in [5.41, 5.74) is 3.84. The van der Waals surface area contributed by atoms with Gasteiger partial charge >= 0.3 is 0 Å². The molecule has 1 fully saturated rings. The maximum absolute atomic E-state index is 11.3. The quantitative estimate of drug-likeness (QED) is 0.365. The van der Waals surface area contributed by atoms with Crippen LogP contribution in [0.2, 0.25) is 0 Å². The van der Waals surface area contributed by atoms with E-state index in [1.165, 1.54) is 11.1 Å². The van der Waals surface area contributed by atoms with Crippen LogP contribution in [0.1, 0.15) is 47.9 Å². The van der Waals surface area contributed by atoms with Crippen molar-refractivity contribution in [1.82, 2.24) is 14.7 Å². The summed E-state index contributed by atoms with van der Waals surface area (Å²) >= 11 is 0. The van der Waals surface area contributed by atoms with Crippen molar-refractivity contribution >= 4 is 0 Å². The first kappa shape index (κ1) is 27.0. The SMILES string of the molecule is COc1ccc(CN2CCCC(O)(COc3ccc(C)cc3C)CC2)cc1OCCCn1cc(C)cn1. The van der Waals surface area contributed by atoms with E-state index < -0.39 is 5.60 Å². The van der Waals surface area contributed by atoms with Gasteiger partial charge in [0.05, 0.1) is 25.5 Å². The monoisotopic (exact) mass is 507 g/mol. The van der Waals surface area contributed by atoms with Crippen molar-refractivity contribution in [3.63, 3.8) is 0 Å². The smallest absolute Gasteiger partial charge is 0.161 e. The number of hydrogen-bond acceptors (Lipinski definition) is 6. The van der Waals surface area contributed by atoms with Crippen LogP contribution in [-0.2, 0) is 13.1 Å². The van der Waals surface area contributed by atoms with Gasteiger partial charge in [0.1, 0.15) is 12.4 Å². The third-order valence-electron chi connectivity index (χ3n) is 7.02. The zero-order chi connectivity index (χ0) is 26.3. The summed E-state index contributed by atoms with van der Waals surface area (Å²) in [6.07, 6.45) is 7.13. The number of aryl methyl sites for hydroxylation is 4. The highest BCUT2D eigenvalue weighted by Gasteiger charge is 2.31. The third kappa shape index (κ3) is 7.73. The molecule has 7 heteroatoms. The molecule has 7 nitrogen and oxygen atoms in total. The fourth-order valence-electron chi connectivity index (χ4n) is 4.90. The van der Waals surface area contributed by atoms with Crippen LogP contribution >= 0.6 is 0 Å². The van der Waals surface area contributed by atoms with E-state index in [-0.39, 0.29) is 0 Å². The highest BCUT2D eigenvalue weighted by molar-refractivity contribution is 5.43. The molecular weight excluding hydrogens is 466 g/mol. The first-order valence-corrected chi connectivity index (χ1v) is 13.3. The van der Waals surface area contributed by atoms with E-state index >= 15 is 0 Å². The number of methoxy groups -OCH3 is 1. The second kappa shape index (κ2) is 12.5. The van der Waals surface area contributed by atoms with Crippen molar-refractivity contribution in [3.05, 3.63) is 71.0 Å². The summed E-state index contributed by atoms with van der Waals surface area (Å²) in [6.45, 7) is 10.5. The molecule has 2 heterocycles. The Bertz CT molecular complexity index is 1160. The lowest BCUT2D eigenvalue weighted by atomic mass is 9.96. The largest absolute Gasteiger partial charge is 0.493 e. The predicted octanol–water partition coefficient (Wildman–Crippen LogP) is 5.08. The minimum Gasteiger partial charge on any atom is -0.493 e. The lowest BCUT2D eigenvalue weighted by Gasteiger charge is -2.27. The molecule has 0 amide bonds. The summed E-state index contributed by atoms with van der Waals surface area (Å²) in [5.74, 6) is 2.36. The second-order valence-corrected chi connectivity index (χ2v) is 10.4. The number of nitrogens with zero attached hydrogens (tertiary/aromatic N) is 3. The second-order valence-electron chi connectivity index (χ2n) is 10.4. The van der Waals surface area contributed by atoms with Crippen LogP contribution in [0.5, 0.6) is 17.2 Å². The molecule has 200 valence electrons. The molecule has 0 radical (unpaired) electrons. The van der Waals surface area contributed by atoms with E-state index in [1.54, 1.807) is 7.11 Å². The summed E-state index contributed by atoms with van der Waals surface area (Å²) in [5, 5.41) is 15.6. The molecule has 1 saturated heterocycles. The van der Waals surface area contributed by atoms with Crippen LogP contribution in [-0.4, -0.2) is 58.8 Å². The van der Waals surface area contributed by atoms with E-state index in [2.05, 4.69) is 35.1 Å². The van der Waals surface area contributed by atoms with E-state index in [0.717, 1.165) is 73.8 Å². The van der Waals surface area contributed by atoms with Gasteiger partial charge in [-0.2, -0.15) is 5.10 Å². The number of aromatic nitrogens is 2. The van der Waals surface area contributed by atoms with Gasteiger partial charge in [-0.25, -0.2) is 0 Å². The Morgan fingerprint density at radius 3 is 2.54 bits per heavy atom. The number of rotatable bonds is 11. The Morgan fingerprint density at radius 2 is 1.78 bits per heavy atom. The average Bonchev–Trinajstić information content (AvgIpc) is 3.20. The van der Waals surface area contributed by atoms with Crippen LogP contribution in [0.3, 0.4) is 0 Å². The Labute approximate surface area is 221 Å². The van der Waals surface area contributed by atoms with Gasteiger partial charge in [0.15, 0.2) is 11.5 Å². The molecule has 0 spiro atoms. The number of aliphatic hydroxyl groups is 1. The highest BCUT2D eigenvalue weighted by Crippen LogP contribution is 2.30. The molecule has 1 unspecified atom stereocenters. The molecular formula is C30H41N3O4. The van der Waals surface area contributed by atoms with E-state index in [4.69, 9.17) is 14.2 Å². The van der Waals surface area contributed by atoms with Gasteiger partial charge in [-0.05, 0) is 81.5 Å². The van der Waals surface area contributed by atoms with Crippen molar-refractivity contribution in [2.24, 2.45) is 0 Å². The molecule has 3 aromatic rings. The first-order chi connectivity index (χ1) is 17.8. The molecule has 4 rings (SSSR count). The van der Waals surface area contributed by atoms with Gasteiger partial charge in [-0.1, -0.05) is 23.8 Å². The summed E-state index contributed by atoms with van der Waals surface area (Å²) < 4.78 is 19.6. The van der Waals surface area contributed by atoms with Crippen LogP contribution in [0, 0.1) is 20.8 Å². The molecule has 1 aliphatic rings. The maximum Gasteiger partial charge on any atom is 0.161 e. The van der Waals surface area contributed by atoms with Gasteiger partial charge in [-0.3, -0.25) is 9.58 Å². The van der Waals surface area contributed by atoms with Crippen molar-refractivity contribution in [2.45, 2.75) is 65.1 Å². The van der Waals surface area contributed by atoms with E-state index in [9.17, 15) is 5.11 Å². The lowest BCUT2D eigenvalue weighted by molar-refractivity contribution is -0.0170. The summed E-state index contributed by atoms with van der Waals surface area (Å²) in [6, 6.07) is 12.3. The van der Waals surface area contributed by atoms with Gasteiger partial charge in [0.25, 0.3) is 0 Å². The van der Waals surface area contributed by atoms with Crippen molar-refractivity contribution in [2.75, 3.05) is 33.4 Å². The number of hydrogen-bond donors (Lipinski definition) is 1. The minimum atomic E-state index is -0.812.